The number of aliphatic hydroxyl groups is 1. The number of likely N-dealkylation sites (tertiary alicyclic amines) is 1. The van der Waals surface area contributed by atoms with Gasteiger partial charge in [-0.2, -0.15) is 0 Å². The van der Waals surface area contributed by atoms with E-state index in [-0.39, 0.29) is 17.2 Å². The number of hydrogen-bond donors (Lipinski definition) is 2. The molecule has 1 saturated heterocycles. The number of aliphatic hydroxyl groups excluding tert-OH is 1. The highest BCUT2D eigenvalue weighted by Crippen LogP contribution is 2.39. The van der Waals surface area contributed by atoms with Crippen LogP contribution in [-0.4, -0.2) is 54.3 Å². The molecule has 3 atom stereocenters. The van der Waals surface area contributed by atoms with Crippen LogP contribution in [0.1, 0.15) is 40.5 Å². The second-order valence-electron chi connectivity index (χ2n) is 7.41. The Labute approximate surface area is 123 Å². The van der Waals surface area contributed by atoms with Crippen molar-refractivity contribution in [1.29, 1.82) is 0 Å². The predicted molar refractivity (Wildman–Crippen MR) is 81.5 cm³/mol. The van der Waals surface area contributed by atoms with Crippen molar-refractivity contribution in [3.05, 3.63) is 0 Å². The molecule has 2 N–H and O–H groups in total. The maximum Gasteiger partial charge on any atom is 0.407 e. The van der Waals surface area contributed by atoms with Crippen LogP contribution in [0.3, 0.4) is 0 Å². The van der Waals surface area contributed by atoms with E-state index >= 15 is 0 Å². The Morgan fingerprint density at radius 2 is 2.00 bits per heavy atom. The molecule has 118 valence electrons. The van der Waals surface area contributed by atoms with Crippen LogP contribution in [0.25, 0.3) is 0 Å². The zero-order valence-electron chi connectivity index (χ0n) is 13.5. The highest BCUT2D eigenvalue weighted by molar-refractivity contribution is 6.74. The van der Waals surface area contributed by atoms with Crippen LogP contribution in [0, 0.1) is 0 Å². The monoisotopic (exact) mass is 303 g/mol. The minimum absolute atomic E-state index is 0.0456. The number of hydrogen-bond acceptors (Lipinski definition) is 3. The quantitative estimate of drug-likeness (QED) is 0.783. The molecule has 1 aliphatic heterocycles. The highest BCUT2D eigenvalue weighted by atomic mass is 28.4. The molecule has 0 saturated carbocycles. The molecule has 1 rings (SSSR count). The van der Waals surface area contributed by atoms with E-state index in [1.807, 2.05) is 0 Å². The lowest BCUT2D eigenvalue weighted by molar-refractivity contribution is 0.112. The van der Waals surface area contributed by atoms with E-state index in [1.54, 1.807) is 6.92 Å². The first-order chi connectivity index (χ1) is 8.94. The van der Waals surface area contributed by atoms with Gasteiger partial charge in [-0.15, -0.1) is 0 Å². The molecule has 0 aromatic carbocycles. The van der Waals surface area contributed by atoms with Gasteiger partial charge in [0, 0.05) is 12.6 Å². The van der Waals surface area contributed by atoms with Crippen LogP contribution in [0.5, 0.6) is 0 Å². The fourth-order valence-corrected chi connectivity index (χ4v) is 3.76. The van der Waals surface area contributed by atoms with E-state index in [4.69, 9.17) is 4.43 Å². The van der Waals surface area contributed by atoms with Crippen molar-refractivity contribution in [3.63, 3.8) is 0 Å². The van der Waals surface area contributed by atoms with Crippen LogP contribution >= 0.6 is 0 Å². The van der Waals surface area contributed by atoms with E-state index in [1.165, 1.54) is 4.90 Å². The van der Waals surface area contributed by atoms with E-state index in [2.05, 4.69) is 33.9 Å². The Bertz CT molecular complexity index is 352. The third-order valence-corrected chi connectivity index (χ3v) is 9.04. The molecule has 0 spiro atoms. The Kier molecular flexibility index (Phi) is 5.27. The molecule has 6 heteroatoms. The van der Waals surface area contributed by atoms with E-state index in [9.17, 15) is 15.0 Å². The second kappa shape index (κ2) is 6.03. The fourth-order valence-electron chi connectivity index (χ4n) is 2.40. The summed E-state index contributed by atoms with van der Waals surface area (Å²) in [6.45, 7) is 13.0. The highest BCUT2D eigenvalue weighted by Gasteiger charge is 2.43. The lowest BCUT2D eigenvalue weighted by Crippen LogP contribution is -2.44. The van der Waals surface area contributed by atoms with Gasteiger partial charge in [0.1, 0.15) is 0 Å². The summed E-state index contributed by atoms with van der Waals surface area (Å²) in [4.78, 5) is 12.7. The average Bonchev–Trinajstić information content (AvgIpc) is 2.57. The summed E-state index contributed by atoms with van der Waals surface area (Å²) < 4.78 is 6.31. The summed E-state index contributed by atoms with van der Waals surface area (Å²) in [5.74, 6) is 0. The summed E-state index contributed by atoms with van der Waals surface area (Å²) in [6, 6.07) is -0.137. The lowest BCUT2D eigenvalue weighted by Gasteiger charge is -2.38. The number of carbonyl (C=O) groups is 1. The largest absolute Gasteiger partial charge is 0.465 e. The molecule has 1 aliphatic rings. The molecular formula is C14H29NO4Si. The Balaban J connectivity index is 2.73. The van der Waals surface area contributed by atoms with Gasteiger partial charge in [-0.3, -0.25) is 0 Å². The number of nitrogens with zero attached hydrogens (tertiary/aromatic N) is 1. The summed E-state index contributed by atoms with van der Waals surface area (Å²) >= 11 is 0. The summed E-state index contributed by atoms with van der Waals surface area (Å²) in [7, 11) is -1.89. The maximum atomic E-state index is 11.3. The van der Waals surface area contributed by atoms with Crippen molar-refractivity contribution in [3.8, 4) is 0 Å². The van der Waals surface area contributed by atoms with Gasteiger partial charge in [-0.25, -0.2) is 4.79 Å². The van der Waals surface area contributed by atoms with Crippen molar-refractivity contribution in [1.82, 2.24) is 4.90 Å². The topological polar surface area (TPSA) is 70.0 Å². The average molecular weight is 303 g/mol. The van der Waals surface area contributed by atoms with Crippen LogP contribution in [0.15, 0.2) is 0 Å². The van der Waals surface area contributed by atoms with Crippen LogP contribution in [-0.2, 0) is 4.43 Å². The molecule has 0 aliphatic carbocycles. The van der Waals surface area contributed by atoms with Gasteiger partial charge in [-0.1, -0.05) is 20.8 Å². The van der Waals surface area contributed by atoms with Gasteiger partial charge in [0.05, 0.1) is 12.2 Å². The smallest absolute Gasteiger partial charge is 0.407 e. The van der Waals surface area contributed by atoms with Crippen LogP contribution < -0.4 is 0 Å². The third-order valence-electron chi connectivity index (χ3n) is 4.50. The van der Waals surface area contributed by atoms with Gasteiger partial charge in [0.25, 0.3) is 0 Å². The molecule has 0 aromatic rings. The van der Waals surface area contributed by atoms with Crippen molar-refractivity contribution in [2.45, 2.75) is 76.9 Å². The molecule has 1 heterocycles. The minimum atomic E-state index is -1.89. The first-order valence-electron chi connectivity index (χ1n) is 7.29. The van der Waals surface area contributed by atoms with Crippen molar-refractivity contribution < 1.29 is 19.4 Å². The molecule has 5 nitrogen and oxygen atoms in total. The number of carboxylic acid groups (broad SMARTS) is 1. The first kappa shape index (κ1) is 17.5. The van der Waals surface area contributed by atoms with E-state index < -0.39 is 20.5 Å². The first-order valence-corrected chi connectivity index (χ1v) is 10.2. The Hall–Kier alpha value is -0.593. The third kappa shape index (κ3) is 4.20. The van der Waals surface area contributed by atoms with Gasteiger partial charge < -0.3 is 19.5 Å². The number of amides is 1. The normalized spacial score (nSPS) is 25.9. The predicted octanol–water partition coefficient (Wildman–Crippen LogP) is 2.90. The van der Waals surface area contributed by atoms with Gasteiger partial charge in [0.15, 0.2) is 8.32 Å². The standard InChI is InChI=1S/C14H29NO4Si/c1-10(16)7-11-8-12(9-15(11)13(17)18)19-20(5,6)14(2,3)4/h10-12,16H,7-9H2,1-6H3,(H,17,18)/t10?,11-,12+/m0/s1. The zero-order valence-corrected chi connectivity index (χ0v) is 14.5. The lowest BCUT2D eigenvalue weighted by atomic mass is 10.1. The molecule has 0 radical (unpaired) electrons. The van der Waals surface area contributed by atoms with Gasteiger partial charge >= 0.3 is 6.09 Å². The second-order valence-corrected chi connectivity index (χ2v) is 12.2. The molecule has 0 aromatic heterocycles. The van der Waals surface area contributed by atoms with Gasteiger partial charge in [0.2, 0.25) is 0 Å². The van der Waals surface area contributed by atoms with Crippen molar-refractivity contribution >= 4 is 14.4 Å². The van der Waals surface area contributed by atoms with Crippen LogP contribution in [0.2, 0.25) is 18.1 Å². The number of rotatable bonds is 4. The van der Waals surface area contributed by atoms with Crippen molar-refractivity contribution in [2.75, 3.05) is 6.54 Å². The fraction of sp³-hybridized carbons (Fsp3) is 0.929. The minimum Gasteiger partial charge on any atom is -0.465 e. The molecule has 1 amide bonds. The van der Waals surface area contributed by atoms with E-state index in [0.717, 1.165) is 0 Å². The molecule has 1 unspecified atom stereocenters. The van der Waals surface area contributed by atoms with Crippen LogP contribution in [0.4, 0.5) is 4.79 Å². The molecule has 0 bridgehead atoms. The Morgan fingerprint density at radius 1 is 1.45 bits per heavy atom. The molecular weight excluding hydrogens is 274 g/mol. The summed E-state index contributed by atoms with van der Waals surface area (Å²) in [5, 5.41) is 18.9. The molecule has 1 fully saturated rings. The maximum absolute atomic E-state index is 11.3. The SMILES string of the molecule is CC(O)C[C@H]1C[C@@H](O[Si](C)(C)C(C)(C)C)CN1C(=O)O. The molecule has 20 heavy (non-hydrogen) atoms. The van der Waals surface area contributed by atoms with Crippen molar-refractivity contribution in [2.24, 2.45) is 0 Å². The van der Waals surface area contributed by atoms with E-state index in [0.29, 0.717) is 19.4 Å². The summed E-state index contributed by atoms with van der Waals surface area (Å²) in [5.41, 5.74) is 0. The summed E-state index contributed by atoms with van der Waals surface area (Å²) in [6.07, 6.45) is -0.297. The van der Waals surface area contributed by atoms with Gasteiger partial charge in [-0.05, 0) is 37.9 Å². The zero-order chi connectivity index (χ0) is 15.7. The Morgan fingerprint density at radius 3 is 2.40 bits per heavy atom.